The van der Waals surface area contributed by atoms with E-state index < -0.39 is 0 Å². The monoisotopic (exact) mass is 319 g/mol. The highest BCUT2D eigenvalue weighted by atomic mass is 16.2. The molecule has 0 saturated carbocycles. The van der Waals surface area contributed by atoms with Crippen LogP contribution in [-0.4, -0.2) is 62.5 Å². The molecule has 3 N–H and O–H groups in total. The fourth-order valence-corrected chi connectivity index (χ4v) is 4.38. The smallest absolute Gasteiger partial charge is 0.243 e. The number of carbonyl (C=O) groups excluding carboxylic acids is 2. The number of hydrogen-bond acceptors (Lipinski definition) is 6. The first-order valence-corrected chi connectivity index (χ1v) is 8.26. The van der Waals surface area contributed by atoms with E-state index in [1.165, 1.54) is 0 Å². The minimum atomic E-state index is -0.385. The molecule has 9 nitrogen and oxygen atoms in total. The van der Waals surface area contributed by atoms with Crippen LogP contribution in [0.2, 0.25) is 0 Å². The molecule has 3 fully saturated rings. The van der Waals surface area contributed by atoms with Gasteiger partial charge in [0, 0.05) is 24.9 Å². The fraction of sp³-hybridized carbons (Fsp3) is 0.786. The molecule has 4 rings (SSSR count). The molecule has 0 aliphatic carbocycles. The zero-order chi connectivity index (χ0) is 15.8. The summed E-state index contributed by atoms with van der Waals surface area (Å²) < 4.78 is 0. The summed E-state index contributed by atoms with van der Waals surface area (Å²) in [6.45, 7) is 1.96. The number of carbonyl (C=O) groups is 2. The number of tetrazole rings is 1. The van der Waals surface area contributed by atoms with Gasteiger partial charge in [0.25, 0.3) is 0 Å². The van der Waals surface area contributed by atoms with Gasteiger partial charge in [-0.2, -0.15) is 5.21 Å². The second-order valence-corrected chi connectivity index (χ2v) is 6.67. The Bertz CT molecular complexity index is 590. The standard InChI is InChI=1S/C14H21N7O2/c22-12-3-1-2-10-8-4-9(6-15-5-8)13(21(10)12)14(23)16-7-11-17-19-20-18-11/h8-10,13,15H,1-7H2,(H,16,23)(H,17,18,19,20)/t8-,9+,10+,13-/m1/s1. The van der Waals surface area contributed by atoms with Gasteiger partial charge in [0.15, 0.2) is 5.82 Å². The Balaban J connectivity index is 1.53. The minimum absolute atomic E-state index is 0.109. The Kier molecular flexibility index (Phi) is 3.72. The number of amides is 2. The van der Waals surface area contributed by atoms with Crippen LogP contribution in [0.25, 0.3) is 0 Å². The number of aromatic nitrogens is 4. The number of hydrogen-bond donors (Lipinski definition) is 3. The van der Waals surface area contributed by atoms with Gasteiger partial charge < -0.3 is 15.5 Å². The number of H-pyrrole nitrogens is 1. The van der Waals surface area contributed by atoms with Crippen molar-refractivity contribution in [1.29, 1.82) is 0 Å². The highest BCUT2D eigenvalue weighted by molar-refractivity contribution is 5.89. The van der Waals surface area contributed by atoms with Crippen LogP contribution in [0.5, 0.6) is 0 Å². The Labute approximate surface area is 133 Å². The van der Waals surface area contributed by atoms with Gasteiger partial charge in [0.1, 0.15) is 6.04 Å². The first kappa shape index (κ1) is 14.6. The minimum Gasteiger partial charge on any atom is -0.347 e. The van der Waals surface area contributed by atoms with Gasteiger partial charge in [0.05, 0.1) is 6.54 Å². The lowest BCUT2D eigenvalue weighted by atomic mass is 9.72. The third-order valence-corrected chi connectivity index (χ3v) is 5.32. The van der Waals surface area contributed by atoms with Crippen LogP contribution in [0.3, 0.4) is 0 Å². The van der Waals surface area contributed by atoms with Crippen molar-refractivity contribution in [3.8, 4) is 0 Å². The quantitative estimate of drug-likeness (QED) is 0.645. The lowest BCUT2D eigenvalue weighted by Gasteiger charge is -2.53. The molecule has 0 spiro atoms. The molecular formula is C14H21N7O2. The SMILES string of the molecule is O=C(NCc1nn[nH]n1)[C@H]1[C@@H]2CNC[C@@H](C2)[C@@H]2CCCC(=O)N21. The van der Waals surface area contributed by atoms with E-state index in [4.69, 9.17) is 0 Å². The van der Waals surface area contributed by atoms with Crippen molar-refractivity contribution in [2.75, 3.05) is 13.1 Å². The third-order valence-electron chi connectivity index (χ3n) is 5.32. The predicted octanol–water partition coefficient (Wildman–Crippen LogP) is -1.20. The zero-order valence-electron chi connectivity index (χ0n) is 12.9. The molecule has 2 bridgehead atoms. The molecule has 2 amide bonds. The van der Waals surface area contributed by atoms with Gasteiger partial charge >= 0.3 is 0 Å². The van der Waals surface area contributed by atoms with Crippen LogP contribution in [-0.2, 0) is 16.1 Å². The molecular weight excluding hydrogens is 298 g/mol. The van der Waals surface area contributed by atoms with Gasteiger partial charge in [-0.1, -0.05) is 5.21 Å². The second kappa shape index (κ2) is 5.88. The van der Waals surface area contributed by atoms with Crippen molar-refractivity contribution in [2.24, 2.45) is 11.8 Å². The van der Waals surface area contributed by atoms with Gasteiger partial charge in [-0.15, -0.1) is 10.2 Å². The highest BCUT2D eigenvalue weighted by Crippen LogP contribution is 2.39. The second-order valence-electron chi connectivity index (χ2n) is 6.67. The van der Waals surface area contributed by atoms with Crippen molar-refractivity contribution in [1.82, 2.24) is 36.2 Å². The Morgan fingerprint density at radius 3 is 3.04 bits per heavy atom. The van der Waals surface area contributed by atoms with Crippen LogP contribution in [0.15, 0.2) is 0 Å². The molecule has 1 aromatic heterocycles. The maximum atomic E-state index is 12.8. The highest BCUT2D eigenvalue weighted by Gasteiger charge is 2.50. The average molecular weight is 319 g/mol. The molecule has 9 heteroatoms. The van der Waals surface area contributed by atoms with Gasteiger partial charge in [0.2, 0.25) is 11.8 Å². The van der Waals surface area contributed by atoms with Crippen LogP contribution >= 0.6 is 0 Å². The normalized spacial score (nSPS) is 33.2. The number of nitrogens with one attached hydrogen (secondary N) is 3. The summed E-state index contributed by atoms with van der Waals surface area (Å²) in [5.74, 6) is 1.10. The van der Waals surface area contributed by atoms with Crippen LogP contribution in [0.1, 0.15) is 31.5 Å². The van der Waals surface area contributed by atoms with Gasteiger partial charge in [-0.05, 0) is 31.7 Å². The zero-order valence-corrected chi connectivity index (χ0v) is 12.9. The number of nitrogens with zero attached hydrogens (tertiary/aromatic N) is 4. The van der Waals surface area contributed by atoms with E-state index in [0.29, 0.717) is 18.2 Å². The van der Waals surface area contributed by atoms with Crippen molar-refractivity contribution >= 4 is 11.8 Å². The van der Waals surface area contributed by atoms with E-state index in [1.807, 2.05) is 4.90 Å². The van der Waals surface area contributed by atoms with Gasteiger partial charge in [-0.25, -0.2) is 0 Å². The number of rotatable bonds is 3. The first-order chi connectivity index (χ1) is 11.2. The molecule has 3 aliphatic heterocycles. The summed E-state index contributed by atoms with van der Waals surface area (Å²) >= 11 is 0. The molecule has 0 radical (unpaired) electrons. The number of aromatic amines is 1. The van der Waals surface area contributed by atoms with E-state index in [9.17, 15) is 9.59 Å². The summed E-state index contributed by atoms with van der Waals surface area (Å²) in [6, 6.07) is -0.190. The van der Waals surface area contributed by atoms with Crippen molar-refractivity contribution in [3.05, 3.63) is 5.82 Å². The van der Waals surface area contributed by atoms with Crippen molar-refractivity contribution < 1.29 is 9.59 Å². The molecule has 23 heavy (non-hydrogen) atoms. The number of piperidine rings is 3. The number of fused-ring (bicyclic) bond motifs is 4. The molecule has 4 atom stereocenters. The Hall–Kier alpha value is -2.03. The topological polar surface area (TPSA) is 116 Å². The summed E-state index contributed by atoms with van der Waals surface area (Å²) in [5.41, 5.74) is 0. The van der Waals surface area contributed by atoms with E-state index in [-0.39, 0.29) is 36.4 Å². The summed E-state index contributed by atoms with van der Waals surface area (Å²) in [4.78, 5) is 27.2. The lowest BCUT2D eigenvalue weighted by molar-refractivity contribution is -0.157. The maximum absolute atomic E-state index is 12.8. The lowest BCUT2D eigenvalue weighted by Crippen LogP contribution is -2.67. The first-order valence-electron chi connectivity index (χ1n) is 8.26. The van der Waals surface area contributed by atoms with Crippen LogP contribution < -0.4 is 10.6 Å². The maximum Gasteiger partial charge on any atom is 0.243 e. The fourth-order valence-electron chi connectivity index (χ4n) is 4.38. The molecule has 4 heterocycles. The predicted molar refractivity (Wildman–Crippen MR) is 78.8 cm³/mol. The van der Waals surface area contributed by atoms with Gasteiger partial charge in [-0.3, -0.25) is 9.59 Å². The molecule has 0 aromatic carbocycles. The molecule has 3 saturated heterocycles. The molecule has 1 aromatic rings. The largest absolute Gasteiger partial charge is 0.347 e. The summed E-state index contributed by atoms with van der Waals surface area (Å²) in [5, 5.41) is 19.8. The van der Waals surface area contributed by atoms with E-state index >= 15 is 0 Å². The molecule has 0 unspecified atom stereocenters. The molecule has 3 aliphatic rings. The Morgan fingerprint density at radius 2 is 2.22 bits per heavy atom. The Morgan fingerprint density at radius 1 is 1.35 bits per heavy atom. The molecule has 124 valence electrons. The van der Waals surface area contributed by atoms with E-state index in [2.05, 4.69) is 31.3 Å². The summed E-state index contributed by atoms with van der Waals surface area (Å²) in [6.07, 6.45) is 3.50. The van der Waals surface area contributed by atoms with Crippen molar-refractivity contribution in [3.63, 3.8) is 0 Å². The van der Waals surface area contributed by atoms with E-state index in [0.717, 1.165) is 32.4 Å². The van der Waals surface area contributed by atoms with Crippen LogP contribution in [0, 0.1) is 11.8 Å². The van der Waals surface area contributed by atoms with Crippen molar-refractivity contribution in [2.45, 2.75) is 44.3 Å². The summed E-state index contributed by atoms with van der Waals surface area (Å²) in [7, 11) is 0. The van der Waals surface area contributed by atoms with Crippen LogP contribution in [0.4, 0.5) is 0 Å². The third kappa shape index (κ3) is 2.58. The van der Waals surface area contributed by atoms with E-state index in [1.54, 1.807) is 0 Å². The average Bonchev–Trinajstić information content (AvgIpc) is 3.08.